The molecule has 0 aliphatic heterocycles. The summed E-state index contributed by atoms with van der Waals surface area (Å²) in [6, 6.07) is 7.79. The Labute approximate surface area is 76.7 Å². The molecule has 68 valence electrons. The highest BCUT2D eigenvalue weighted by Crippen LogP contribution is 2.17. The van der Waals surface area contributed by atoms with Crippen LogP contribution in [0.1, 0.15) is 6.92 Å². The maximum Gasteiger partial charge on any atom is 0.112 e. The minimum absolute atomic E-state index is 0.651. The van der Waals surface area contributed by atoms with E-state index in [0.717, 1.165) is 16.6 Å². The second kappa shape index (κ2) is 3.01. The van der Waals surface area contributed by atoms with Crippen LogP contribution in [0.2, 0.25) is 0 Å². The van der Waals surface area contributed by atoms with E-state index >= 15 is 0 Å². The highest BCUT2D eigenvalue weighted by molar-refractivity contribution is 5.82. The third-order valence-electron chi connectivity index (χ3n) is 1.95. The van der Waals surface area contributed by atoms with Gasteiger partial charge >= 0.3 is 0 Å². The molecular formula is C10H12N2O. The number of nitrogen functional groups attached to an aromatic ring is 1. The van der Waals surface area contributed by atoms with Gasteiger partial charge in [0, 0.05) is 17.3 Å². The van der Waals surface area contributed by atoms with E-state index in [1.54, 1.807) is 4.73 Å². The van der Waals surface area contributed by atoms with Gasteiger partial charge in [0.05, 0.1) is 5.52 Å². The van der Waals surface area contributed by atoms with E-state index in [1.165, 1.54) is 0 Å². The first kappa shape index (κ1) is 7.98. The van der Waals surface area contributed by atoms with Crippen molar-refractivity contribution in [3.05, 3.63) is 30.5 Å². The summed E-state index contributed by atoms with van der Waals surface area (Å²) in [6.07, 6.45) is 1.90. The molecule has 0 atom stereocenters. The van der Waals surface area contributed by atoms with E-state index in [4.69, 9.17) is 10.6 Å². The van der Waals surface area contributed by atoms with Crippen molar-refractivity contribution in [2.75, 3.05) is 12.3 Å². The number of nitrogens with two attached hydrogens (primary N) is 1. The molecule has 1 aromatic carbocycles. The zero-order valence-corrected chi connectivity index (χ0v) is 7.53. The number of hydrogen-bond acceptors (Lipinski definition) is 2. The summed E-state index contributed by atoms with van der Waals surface area (Å²) < 4.78 is 1.74. The molecule has 0 bridgehead atoms. The van der Waals surface area contributed by atoms with Crippen LogP contribution >= 0.6 is 0 Å². The van der Waals surface area contributed by atoms with Crippen LogP contribution in [0.25, 0.3) is 10.9 Å². The van der Waals surface area contributed by atoms with Crippen LogP contribution in [-0.2, 0) is 0 Å². The quantitative estimate of drug-likeness (QED) is 0.707. The van der Waals surface area contributed by atoms with E-state index < -0.39 is 0 Å². The molecule has 0 unspecified atom stereocenters. The normalized spacial score (nSPS) is 10.5. The third kappa shape index (κ3) is 1.33. The smallest absolute Gasteiger partial charge is 0.112 e. The predicted octanol–water partition coefficient (Wildman–Crippen LogP) is 1.67. The van der Waals surface area contributed by atoms with Crippen molar-refractivity contribution in [1.29, 1.82) is 0 Å². The molecule has 1 heterocycles. The standard InChI is InChI=1S/C10H12N2O/c1-2-13-12-6-5-8-3-4-9(11)7-10(8)12/h3-7H,2,11H2,1H3. The first-order valence-corrected chi connectivity index (χ1v) is 4.31. The lowest BCUT2D eigenvalue weighted by Crippen LogP contribution is -2.08. The number of rotatable bonds is 2. The van der Waals surface area contributed by atoms with Gasteiger partial charge < -0.3 is 10.6 Å². The molecule has 13 heavy (non-hydrogen) atoms. The molecule has 0 amide bonds. The lowest BCUT2D eigenvalue weighted by Gasteiger charge is -2.05. The van der Waals surface area contributed by atoms with Crippen molar-refractivity contribution in [2.24, 2.45) is 0 Å². The van der Waals surface area contributed by atoms with Gasteiger partial charge in [-0.05, 0) is 25.1 Å². The van der Waals surface area contributed by atoms with E-state index in [1.807, 2.05) is 37.4 Å². The molecule has 3 nitrogen and oxygen atoms in total. The Kier molecular flexibility index (Phi) is 1.85. The van der Waals surface area contributed by atoms with Gasteiger partial charge in [-0.15, -0.1) is 0 Å². The second-order valence-electron chi connectivity index (χ2n) is 2.88. The Morgan fingerprint density at radius 1 is 1.38 bits per heavy atom. The summed E-state index contributed by atoms with van der Waals surface area (Å²) in [4.78, 5) is 5.38. The largest absolute Gasteiger partial charge is 0.414 e. The average Bonchev–Trinajstić information content (AvgIpc) is 2.49. The molecule has 2 aromatic rings. The molecular weight excluding hydrogens is 164 g/mol. The number of aromatic nitrogens is 1. The fourth-order valence-electron chi connectivity index (χ4n) is 1.37. The predicted molar refractivity (Wildman–Crippen MR) is 53.5 cm³/mol. The van der Waals surface area contributed by atoms with Gasteiger partial charge in [0.1, 0.15) is 6.61 Å². The second-order valence-corrected chi connectivity index (χ2v) is 2.88. The van der Waals surface area contributed by atoms with Crippen LogP contribution in [0.5, 0.6) is 0 Å². The molecule has 3 heteroatoms. The van der Waals surface area contributed by atoms with Crippen molar-refractivity contribution in [3.8, 4) is 0 Å². The Bertz CT molecular complexity index is 420. The van der Waals surface area contributed by atoms with E-state index in [9.17, 15) is 0 Å². The topological polar surface area (TPSA) is 40.2 Å². The van der Waals surface area contributed by atoms with Crippen LogP contribution in [0.3, 0.4) is 0 Å². The summed E-state index contributed by atoms with van der Waals surface area (Å²) in [5.41, 5.74) is 7.45. The maximum absolute atomic E-state index is 5.68. The molecule has 0 spiro atoms. The third-order valence-corrected chi connectivity index (χ3v) is 1.95. The van der Waals surface area contributed by atoms with Crippen LogP contribution < -0.4 is 10.6 Å². The molecule has 0 saturated carbocycles. The highest BCUT2D eigenvalue weighted by Gasteiger charge is 2.00. The molecule has 0 fully saturated rings. The summed E-state index contributed by atoms with van der Waals surface area (Å²) in [5.74, 6) is 0. The fourth-order valence-corrected chi connectivity index (χ4v) is 1.37. The summed E-state index contributed by atoms with van der Waals surface area (Å²) in [7, 11) is 0. The summed E-state index contributed by atoms with van der Waals surface area (Å²) in [5, 5.41) is 1.14. The monoisotopic (exact) mass is 176 g/mol. The molecule has 0 saturated heterocycles. The zero-order valence-electron chi connectivity index (χ0n) is 7.53. The lowest BCUT2D eigenvalue weighted by atomic mass is 10.2. The number of nitrogens with zero attached hydrogens (tertiary/aromatic N) is 1. The lowest BCUT2D eigenvalue weighted by molar-refractivity contribution is 0.132. The fraction of sp³-hybridized carbons (Fsp3) is 0.200. The van der Waals surface area contributed by atoms with Gasteiger partial charge in [0.25, 0.3) is 0 Å². The molecule has 2 rings (SSSR count). The Morgan fingerprint density at radius 2 is 2.23 bits per heavy atom. The van der Waals surface area contributed by atoms with Crippen molar-refractivity contribution in [3.63, 3.8) is 0 Å². The van der Waals surface area contributed by atoms with Gasteiger partial charge in [0.15, 0.2) is 0 Å². The van der Waals surface area contributed by atoms with Gasteiger partial charge in [-0.3, -0.25) is 0 Å². The Balaban J connectivity index is 2.58. The first-order valence-electron chi connectivity index (χ1n) is 4.31. The number of fused-ring (bicyclic) bond motifs is 1. The number of benzene rings is 1. The summed E-state index contributed by atoms with van der Waals surface area (Å²) in [6.45, 7) is 2.61. The molecule has 0 aliphatic rings. The van der Waals surface area contributed by atoms with Crippen molar-refractivity contribution < 1.29 is 4.84 Å². The number of anilines is 1. The Hall–Kier alpha value is -1.64. The first-order chi connectivity index (χ1) is 6.31. The van der Waals surface area contributed by atoms with Crippen molar-refractivity contribution in [1.82, 2.24) is 4.73 Å². The van der Waals surface area contributed by atoms with E-state index in [0.29, 0.717) is 6.61 Å². The van der Waals surface area contributed by atoms with Crippen LogP contribution in [0.4, 0.5) is 5.69 Å². The average molecular weight is 176 g/mol. The minimum Gasteiger partial charge on any atom is -0.414 e. The zero-order chi connectivity index (χ0) is 9.26. The minimum atomic E-state index is 0.651. The molecule has 2 N–H and O–H groups in total. The molecule has 0 radical (unpaired) electrons. The molecule has 1 aromatic heterocycles. The van der Waals surface area contributed by atoms with Gasteiger partial charge in [-0.2, -0.15) is 4.73 Å². The Morgan fingerprint density at radius 3 is 3.00 bits per heavy atom. The number of hydrogen-bond donors (Lipinski definition) is 1. The molecule has 0 aliphatic carbocycles. The van der Waals surface area contributed by atoms with Gasteiger partial charge in [-0.1, -0.05) is 6.07 Å². The van der Waals surface area contributed by atoms with Crippen LogP contribution in [0, 0.1) is 0 Å². The van der Waals surface area contributed by atoms with Crippen LogP contribution in [0.15, 0.2) is 30.5 Å². The summed E-state index contributed by atoms with van der Waals surface area (Å²) >= 11 is 0. The van der Waals surface area contributed by atoms with Gasteiger partial charge in [0.2, 0.25) is 0 Å². The van der Waals surface area contributed by atoms with E-state index in [-0.39, 0.29) is 0 Å². The SMILES string of the molecule is CCOn1ccc2ccc(N)cc21. The highest BCUT2D eigenvalue weighted by atomic mass is 16.7. The van der Waals surface area contributed by atoms with E-state index in [2.05, 4.69) is 0 Å². The van der Waals surface area contributed by atoms with Crippen molar-refractivity contribution >= 4 is 16.6 Å². The maximum atomic E-state index is 5.68. The van der Waals surface area contributed by atoms with Crippen LogP contribution in [-0.4, -0.2) is 11.3 Å². The van der Waals surface area contributed by atoms with Gasteiger partial charge in [-0.25, -0.2) is 0 Å². The van der Waals surface area contributed by atoms with Crippen molar-refractivity contribution in [2.45, 2.75) is 6.92 Å².